The lowest BCUT2D eigenvalue weighted by molar-refractivity contribution is 0.320. The lowest BCUT2D eigenvalue weighted by atomic mass is 10.1. The third-order valence-electron chi connectivity index (χ3n) is 1.41. The molecule has 0 saturated heterocycles. The second-order valence-corrected chi connectivity index (χ2v) is 3.11. The van der Waals surface area contributed by atoms with Gasteiger partial charge in [-0.1, -0.05) is 18.7 Å². The smallest absolute Gasteiger partial charge is 0.158 e. The Morgan fingerprint density at radius 2 is 2.10 bits per heavy atom. The van der Waals surface area contributed by atoms with E-state index in [1.54, 1.807) is 0 Å². The lowest BCUT2D eigenvalue weighted by Crippen LogP contribution is -2.01. The van der Waals surface area contributed by atoms with E-state index >= 15 is 0 Å². The predicted octanol–water partition coefficient (Wildman–Crippen LogP) is 1.51. The van der Waals surface area contributed by atoms with Gasteiger partial charge in [0.25, 0.3) is 0 Å². The van der Waals surface area contributed by atoms with Crippen molar-refractivity contribution in [3.63, 3.8) is 0 Å². The molecule has 0 aromatic carbocycles. The fraction of sp³-hybridized carbons (Fsp3) is 0.500. The Kier molecular flexibility index (Phi) is 6.54. The number of hydrogen-bond donors (Lipinski definition) is 0. The Hall–Kier alpha value is -0.343. The first-order chi connectivity index (χ1) is 4.85. The van der Waals surface area contributed by atoms with E-state index in [1.807, 2.05) is 12.2 Å². The molecule has 0 spiro atoms. The fourth-order valence-corrected chi connectivity index (χ4v) is 1.15. The fourth-order valence-electron chi connectivity index (χ4n) is 0.696. The lowest BCUT2D eigenvalue weighted by Gasteiger charge is -2.05. The van der Waals surface area contributed by atoms with E-state index in [1.165, 1.54) is 0 Å². The largest absolute Gasteiger partial charge is 0.424 e. The van der Waals surface area contributed by atoms with Crippen LogP contribution in [-0.2, 0) is 4.43 Å². The van der Waals surface area contributed by atoms with Gasteiger partial charge in [-0.2, -0.15) is 0 Å². The second kappa shape index (κ2) is 6.77. The molecule has 0 saturated carbocycles. The zero-order valence-electron chi connectivity index (χ0n) is 6.68. The van der Waals surface area contributed by atoms with Crippen LogP contribution in [0.15, 0.2) is 25.3 Å². The first-order valence-electron chi connectivity index (χ1n) is 3.68. The summed E-state index contributed by atoms with van der Waals surface area (Å²) in [6.07, 6.45) is 4.86. The van der Waals surface area contributed by atoms with Crippen molar-refractivity contribution >= 4 is 9.76 Å². The molecule has 0 aliphatic rings. The monoisotopic (exact) mass is 156 g/mol. The van der Waals surface area contributed by atoms with Gasteiger partial charge in [0.15, 0.2) is 9.76 Å². The molecule has 58 valence electrons. The summed E-state index contributed by atoms with van der Waals surface area (Å²) in [7, 11) is -0.213. The van der Waals surface area contributed by atoms with E-state index in [9.17, 15) is 0 Å². The van der Waals surface area contributed by atoms with Gasteiger partial charge >= 0.3 is 0 Å². The second-order valence-electron chi connectivity index (χ2n) is 2.12. The summed E-state index contributed by atoms with van der Waals surface area (Å²) in [5, 5.41) is 0. The minimum absolute atomic E-state index is 0.213. The van der Waals surface area contributed by atoms with Crippen LogP contribution in [0.1, 0.15) is 6.42 Å². The van der Waals surface area contributed by atoms with Gasteiger partial charge in [-0.15, -0.1) is 13.2 Å². The van der Waals surface area contributed by atoms with Crippen LogP contribution in [0.2, 0.25) is 6.55 Å². The number of hydrogen-bond acceptors (Lipinski definition) is 1. The molecule has 0 rings (SSSR count). The molecule has 0 heterocycles. The zero-order chi connectivity index (χ0) is 7.82. The first-order valence-corrected chi connectivity index (χ1v) is 5.67. The minimum atomic E-state index is -0.213. The molecule has 0 amide bonds. The molecule has 0 unspecified atom stereocenters. The van der Waals surface area contributed by atoms with Crippen molar-refractivity contribution in [2.24, 2.45) is 5.92 Å². The summed E-state index contributed by atoms with van der Waals surface area (Å²) in [6.45, 7) is 10.4. The highest BCUT2D eigenvalue weighted by Crippen LogP contribution is 2.04. The van der Waals surface area contributed by atoms with E-state index in [-0.39, 0.29) is 9.76 Å². The van der Waals surface area contributed by atoms with Crippen LogP contribution < -0.4 is 0 Å². The Labute approximate surface area is 65.7 Å². The van der Waals surface area contributed by atoms with E-state index < -0.39 is 0 Å². The number of rotatable bonds is 6. The van der Waals surface area contributed by atoms with Gasteiger partial charge < -0.3 is 4.43 Å². The molecule has 0 atom stereocenters. The van der Waals surface area contributed by atoms with Crippen molar-refractivity contribution < 1.29 is 4.43 Å². The molecule has 0 N–H and O–H groups in total. The van der Waals surface area contributed by atoms with Crippen LogP contribution in [0.25, 0.3) is 0 Å². The first kappa shape index (κ1) is 9.66. The molecule has 0 aliphatic heterocycles. The van der Waals surface area contributed by atoms with Crippen LogP contribution in [0.5, 0.6) is 0 Å². The van der Waals surface area contributed by atoms with Crippen molar-refractivity contribution in [1.82, 2.24) is 0 Å². The van der Waals surface area contributed by atoms with Gasteiger partial charge in [0.05, 0.1) is 0 Å². The molecular formula is C8H16OSi. The van der Waals surface area contributed by atoms with Gasteiger partial charge in [-0.3, -0.25) is 0 Å². The van der Waals surface area contributed by atoms with Crippen LogP contribution in [0, 0.1) is 5.92 Å². The Bertz CT molecular complexity index is 93.4. The maximum absolute atomic E-state index is 5.31. The van der Waals surface area contributed by atoms with Crippen molar-refractivity contribution in [1.29, 1.82) is 0 Å². The predicted molar refractivity (Wildman–Crippen MR) is 48.9 cm³/mol. The van der Waals surface area contributed by atoms with Gasteiger partial charge in [0, 0.05) is 6.61 Å². The summed E-state index contributed by atoms with van der Waals surface area (Å²) in [6, 6.07) is 0. The average molecular weight is 156 g/mol. The molecule has 0 radical (unpaired) electrons. The normalized spacial score (nSPS) is 11.0. The maximum Gasteiger partial charge on any atom is 0.158 e. The maximum atomic E-state index is 5.31. The Balaban J connectivity index is 3.25. The Morgan fingerprint density at radius 1 is 1.50 bits per heavy atom. The van der Waals surface area contributed by atoms with Crippen LogP contribution >= 0.6 is 0 Å². The summed E-state index contributed by atoms with van der Waals surface area (Å²) < 4.78 is 5.31. The summed E-state index contributed by atoms with van der Waals surface area (Å²) in [4.78, 5) is 0. The summed E-state index contributed by atoms with van der Waals surface area (Å²) in [5.74, 6) is 0.431. The van der Waals surface area contributed by atoms with Gasteiger partial charge in [-0.25, -0.2) is 0 Å². The average Bonchev–Trinajstić information content (AvgIpc) is 1.99. The van der Waals surface area contributed by atoms with Crippen molar-refractivity contribution in [3.05, 3.63) is 25.3 Å². The molecule has 0 bridgehead atoms. The van der Waals surface area contributed by atoms with Crippen molar-refractivity contribution in [2.75, 3.05) is 6.61 Å². The standard InChI is InChI=1S/C8H16OSi/c1-4-8(5-2)6-7-9-10-3/h4-5,8H,1-2,6-7,10H2,3H3. The highest BCUT2D eigenvalue weighted by Gasteiger charge is 1.95. The molecule has 10 heavy (non-hydrogen) atoms. The molecule has 0 aromatic heterocycles. The number of allylic oxidation sites excluding steroid dienone is 2. The molecule has 0 aliphatic carbocycles. The van der Waals surface area contributed by atoms with Gasteiger partial charge in [0.1, 0.15) is 0 Å². The van der Waals surface area contributed by atoms with Crippen LogP contribution in [0.3, 0.4) is 0 Å². The van der Waals surface area contributed by atoms with Crippen LogP contribution in [0.4, 0.5) is 0 Å². The minimum Gasteiger partial charge on any atom is -0.424 e. The third-order valence-corrected chi connectivity index (χ3v) is 2.10. The van der Waals surface area contributed by atoms with Crippen LogP contribution in [-0.4, -0.2) is 16.4 Å². The van der Waals surface area contributed by atoms with E-state index in [4.69, 9.17) is 4.43 Å². The van der Waals surface area contributed by atoms with E-state index in [0.29, 0.717) is 5.92 Å². The molecule has 0 aromatic rings. The highest BCUT2D eigenvalue weighted by atomic mass is 28.2. The van der Waals surface area contributed by atoms with Crippen molar-refractivity contribution in [3.8, 4) is 0 Å². The van der Waals surface area contributed by atoms with Gasteiger partial charge in [0.2, 0.25) is 0 Å². The molecule has 1 nitrogen and oxygen atoms in total. The Morgan fingerprint density at radius 3 is 2.50 bits per heavy atom. The topological polar surface area (TPSA) is 9.23 Å². The summed E-state index contributed by atoms with van der Waals surface area (Å²) in [5.41, 5.74) is 0. The van der Waals surface area contributed by atoms with Gasteiger partial charge in [-0.05, 0) is 12.3 Å². The van der Waals surface area contributed by atoms with Crippen molar-refractivity contribution in [2.45, 2.75) is 13.0 Å². The quantitative estimate of drug-likeness (QED) is 0.322. The molecular weight excluding hydrogens is 140 g/mol. The summed E-state index contributed by atoms with van der Waals surface area (Å²) >= 11 is 0. The zero-order valence-corrected chi connectivity index (χ0v) is 8.09. The van der Waals surface area contributed by atoms with E-state index in [0.717, 1.165) is 13.0 Å². The SMILES string of the molecule is C=CC(C=C)CCO[SiH2]C. The highest BCUT2D eigenvalue weighted by molar-refractivity contribution is 6.24. The third kappa shape index (κ3) is 4.53. The molecule has 2 heteroatoms. The molecule has 0 fully saturated rings. The van der Waals surface area contributed by atoms with E-state index in [2.05, 4.69) is 19.7 Å².